The number of methoxy groups -OCH3 is 1. The highest BCUT2D eigenvalue weighted by molar-refractivity contribution is 5.84. The second-order valence-electron chi connectivity index (χ2n) is 7.58. The molecule has 1 N–H and O–H groups in total. The van der Waals surface area contributed by atoms with Gasteiger partial charge >= 0.3 is 0 Å². The van der Waals surface area contributed by atoms with Crippen molar-refractivity contribution >= 4 is 10.9 Å². The number of fused-ring (bicyclic) bond motifs is 1. The lowest BCUT2D eigenvalue weighted by atomic mass is 9.69. The van der Waals surface area contributed by atoms with Crippen LogP contribution in [0.3, 0.4) is 0 Å². The van der Waals surface area contributed by atoms with Gasteiger partial charge in [0.25, 0.3) is 0 Å². The SMILES string of the molecule is CCC(C)C(CC)(CO)c1ccc(-c2cc(F)c3cnn(CC)c3c2)nc1OC. The van der Waals surface area contributed by atoms with Gasteiger partial charge in [-0.2, -0.15) is 5.10 Å². The summed E-state index contributed by atoms with van der Waals surface area (Å²) in [5.74, 6) is 0.412. The number of aliphatic hydroxyl groups excluding tert-OH is 1. The third-order valence-corrected chi connectivity index (χ3v) is 6.37. The topological polar surface area (TPSA) is 60.2 Å². The molecule has 2 unspecified atom stereocenters. The lowest BCUT2D eigenvalue weighted by molar-refractivity contribution is 0.131. The van der Waals surface area contributed by atoms with Gasteiger partial charge in [0.15, 0.2) is 0 Å². The average molecular weight is 400 g/mol. The van der Waals surface area contributed by atoms with Crippen molar-refractivity contribution in [1.29, 1.82) is 0 Å². The number of aromatic nitrogens is 3. The van der Waals surface area contributed by atoms with Crippen LogP contribution >= 0.6 is 0 Å². The summed E-state index contributed by atoms with van der Waals surface area (Å²) in [4.78, 5) is 4.70. The molecule has 0 aliphatic rings. The van der Waals surface area contributed by atoms with Gasteiger partial charge in [0.2, 0.25) is 5.88 Å². The summed E-state index contributed by atoms with van der Waals surface area (Å²) in [6, 6.07) is 7.24. The number of benzene rings is 1. The molecule has 0 saturated heterocycles. The summed E-state index contributed by atoms with van der Waals surface area (Å²) >= 11 is 0. The number of nitrogens with zero attached hydrogens (tertiary/aromatic N) is 3. The van der Waals surface area contributed by atoms with Crippen molar-refractivity contribution < 1.29 is 14.2 Å². The fourth-order valence-electron chi connectivity index (χ4n) is 4.22. The zero-order valence-electron chi connectivity index (χ0n) is 17.9. The number of hydrogen-bond donors (Lipinski definition) is 1. The van der Waals surface area contributed by atoms with E-state index >= 15 is 0 Å². The van der Waals surface area contributed by atoms with E-state index in [1.807, 2.05) is 25.1 Å². The first kappa shape index (κ1) is 21.2. The highest BCUT2D eigenvalue weighted by Gasteiger charge is 2.38. The Morgan fingerprint density at radius 1 is 1.24 bits per heavy atom. The fourth-order valence-corrected chi connectivity index (χ4v) is 4.22. The van der Waals surface area contributed by atoms with E-state index in [-0.39, 0.29) is 18.3 Å². The number of hydrogen-bond acceptors (Lipinski definition) is 4. The number of aryl methyl sites for hydroxylation is 1. The number of aliphatic hydroxyl groups is 1. The van der Waals surface area contributed by atoms with Crippen molar-refractivity contribution in [3.63, 3.8) is 0 Å². The Hall–Kier alpha value is -2.47. The fraction of sp³-hybridized carbons (Fsp3) is 0.478. The molecule has 0 aliphatic heterocycles. The predicted molar refractivity (Wildman–Crippen MR) is 114 cm³/mol. The molecule has 2 atom stereocenters. The zero-order valence-corrected chi connectivity index (χ0v) is 17.9. The van der Waals surface area contributed by atoms with Crippen molar-refractivity contribution in [2.45, 2.75) is 52.5 Å². The van der Waals surface area contributed by atoms with Gasteiger partial charge in [-0.25, -0.2) is 9.37 Å². The molecule has 5 nitrogen and oxygen atoms in total. The highest BCUT2D eigenvalue weighted by Crippen LogP contribution is 2.42. The molecule has 0 bridgehead atoms. The molecule has 2 aromatic heterocycles. The molecule has 2 heterocycles. The molecular formula is C23H30FN3O2. The van der Waals surface area contributed by atoms with Crippen molar-refractivity contribution in [3.05, 3.63) is 41.8 Å². The quantitative estimate of drug-likeness (QED) is 0.582. The normalized spacial score (nSPS) is 14.7. The van der Waals surface area contributed by atoms with E-state index in [1.165, 1.54) is 6.07 Å². The number of ether oxygens (including phenoxy) is 1. The van der Waals surface area contributed by atoms with Crippen LogP contribution in [0.15, 0.2) is 30.5 Å². The lowest BCUT2D eigenvalue weighted by Crippen LogP contribution is -2.37. The lowest BCUT2D eigenvalue weighted by Gasteiger charge is -2.37. The van der Waals surface area contributed by atoms with Crippen molar-refractivity contribution in [1.82, 2.24) is 14.8 Å². The van der Waals surface area contributed by atoms with E-state index in [0.717, 1.165) is 23.9 Å². The van der Waals surface area contributed by atoms with Crippen LogP contribution < -0.4 is 4.74 Å². The highest BCUT2D eigenvalue weighted by atomic mass is 19.1. The second kappa shape index (κ2) is 8.49. The number of pyridine rings is 1. The van der Waals surface area contributed by atoms with Gasteiger partial charge in [-0.05, 0) is 37.5 Å². The second-order valence-corrected chi connectivity index (χ2v) is 7.58. The molecule has 0 saturated carbocycles. The minimum absolute atomic E-state index is 0.0200. The zero-order chi connectivity index (χ0) is 21.2. The van der Waals surface area contributed by atoms with Crippen molar-refractivity contribution in [3.8, 4) is 17.1 Å². The van der Waals surface area contributed by atoms with Crippen LogP contribution in [0.2, 0.25) is 0 Å². The summed E-state index contributed by atoms with van der Waals surface area (Å²) in [5.41, 5.74) is 2.50. The molecular weight excluding hydrogens is 369 g/mol. The first-order valence-electron chi connectivity index (χ1n) is 10.3. The van der Waals surface area contributed by atoms with E-state index in [0.29, 0.717) is 29.1 Å². The predicted octanol–water partition coefficient (Wildman–Crippen LogP) is 4.95. The van der Waals surface area contributed by atoms with Gasteiger partial charge in [0.05, 0.1) is 36.5 Å². The number of rotatable bonds is 8. The largest absolute Gasteiger partial charge is 0.481 e. The van der Waals surface area contributed by atoms with E-state index in [4.69, 9.17) is 9.72 Å². The molecule has 1 aromatic carbocycles. The molecule has 0 spiro atoms. The molecule has 0 aliphatic carbocycles. The Labute approximate surface area is 171 Å². The third kappa shape index (κ3) is 3.50. The van der Waals surface area contributed by atoms with Gasteiger partial charge in [0, 0.05) is 23.1 Å². The Bertz CT molecular complexity index is 995. The Morgan fingerprint density at radius 2 is 2.00 bits per heavy atom. The van der Waals surface area contributed by atoms with E-state index in [9.17, 15) is 9.50 Å². The standard InChI is InChI=1S/C23H30FN3O2/c1-6-15(4)23(7-2,14-28)18-9-10-20(26-22(18)29-5)16-11-19(24)17-13-25-27(8-3)21(17)12-16/h9-13,15,28H,6-8,14H2,1-5H3. The van der Waals surface area contributed by atoms with E-state index in [2.05, 4.69) is 25.9 Å². The Balaban J connectivity index is 2.15. The molecule has 156 valence electrons. The monoisotopic (exact) mass is 399 g/mol. The maximum absolute atomic E-state index is 14.6. The molecule has 3 rings (SSSR count). The maximum atomic E-state index is 14.6. The summed E-state index contributed by atoms with van der Waals surface area (Å²) in [6.45, 7) is 8.99. The van der Waals surface area contributed by atoms with Gasteiger partial charge < -0.3 is 9.84 Å². The van der Waals surface area contributed by atoms with Crippen LogP contribution in [0.4, 0.5) is 4.39 Å². The summed E-state index contributed by atoms with van der Waals surface area (Å²) in [7, 11) is 1.58. The first-order chi connectivity index (χ1) is 13.9. The summed E-state index contributed by atoms with van der Waals surface area (Å²) < 4.78 is 22.0. The van der Waals surface area contributed by atoms with E-state index < -0.39 is 5.41 Å². The minimum Gasteiger partial charge on any atom is -0.481 e. The van der Waals surface area contributed by atoms with Crippen LogP contribution in [-0.4, -0.2) is 33.6 Å². The van der Waals surface area contributed by atoms with Crippen LogP contribution in [-0.2, 0) is 12.0 Å². The Morgan fingerprint density at radius 3 is 2.59 bits per heavy atom. The van der Waals surface area contributed by atoms with Crippen molar-refractivity contribution in [2.24, 2.45) is 5.92 Å². The average Bonchev–Trinajstić information content (AvgIpc) is 3.18. The van der Waals surface area contributed by atoms with E-state index in [1.54, 1.807) is 18.0 Å². The van der Waals surface area contributed by atoms with Crippen LogP contribution in [0, 0.1) is 11.7 Å². The van der Waals surface area contributed by atoms with Gasteiger partial charge in [0.1, 0.15) is 5.82 Å². The smallest absolute Gasteiger partial charge is 0.217 e. The van der Waals surface area contributed by atoms with Gasteiger partial charge in [-0.3, -0.25) is 4.68 Å². The molecule has 0 radical (unpaired) electrons. The minimum atomic E-state index is -0.429. The molecule has 0 fully saturated rings. The number of halogens is 1. The third-order valence-electron chi connectivity index (χ3n) is 6.37. The van der Waals surface area contributed by atoms with Gasteiger partial charge in [-0.15, -0.1) is 0 Å². The molecule has 3 aromatic rings. The molecule has 29 heavy (non-hydrogen) atoms. The Kier molecular flexibility index (Phi) is 6.22. The first-order valence-corrected chi connectivity index (χ1v) is 10.3. The molecule has 0 amide bonds. The van der Waals surface area contributed by atoms with Crippen LogP contribution in [0.1, 0.15) is 46.1 Å². The maximum Gasteiger partial charge on any atom is 0.217 e. The van der Waals surface area contributed by atoms with Crippen LogP contribution in [0.25, 0.3) is 22.2 Å². The summed E-state index contributed by atoms with van der Waals surface area (Å²) in [5, 5.41) is 15.0. The van der Waals surface area contributed by atoms with Crippen molar-refractivity contribution in [2.75, 3.05) is 13.7 Å². The summed E-state index contributed by atoms with van der Waals surface area (Å²) in [6.07, 6.45) is 3.26. The van der Waals surface area contributed by atoms with Crippen LogP contribution in [0.5, 0.6) is 5.88 Å². The van der Waals surface area contributed by atoms with Gasteiger partial charge in [-0.1, -0.05) is 33.3 Å². The molecule has 6 heteroatoms.